The largest absolute Gasteiger partial charge is 0.296 e. The predicted molar refractivity (Wildman–Crippen MR) is 112 cm³/mol. The van der Waals surface area contributed by atoms with E-state index >= 15 is 0 Å². The van der Waals surface area contributed by atoms with E-state index in [1.807, 2.05) is 24.3 Å². The first-order chi connectivity index (χ1) is 14.3. The molecule has 0 amide bonds. The van der Waals surface area contributed by atoms with Crippen LogP contribution in [0.15, 0.2) is 42.0 Å². The number of piperidine rings is 1. The number of benzene rings is 1. The van der Waals surface area contributed by atoms with Gasteiger partial charge in [-0.05, 0) is 31.5 Å². The van der Waals surface area contributed by atoms with Gasteiger partial charge in [-0.15, -0.1) is 16.4 Å². The van der Waals surface area contributed by atoms with Crippen LogP contribution in [-0.2, 0) is 6.54 Å². The smallest absolute Gasteiger partial charge is 0.252 e. The van der Waals surface area contributed by atoms with Crippen molar-refractivity contribution < 1.29 is 0 Å². The maximum atomic E-state index is 9.15. The van der Waals surface area contributed by atoms with Gasteiger partial charge in [0, 0.05) is 10.9 Å². The van der Waals surface area contributed by atoms with Crippen molar-refractivity contribution in [1.82, 2.24) is 29.6 Å². The lowest BCUT2D eigenvalue weighted by Crippen LogP contribution is -2.30. The lowest BCUT2D eigenvalue weighted by atomic mass is 10.1. The Morgan fingerprint density at radius 1 is 1.07 bits per heavy atom. The molecule has 7 nitrogen and oxygen atoms in total. The molecule has 1 aliphatic rings. The number of fused-ring (bicyclic) bond motifs is 1. The normalized spacial score (nSPS) is 14.9. The van der Waals surface area contributed by atoms with Crippen LogP contribution in [0.5, 0.6) is 0 Å². The number of hydrogen-bond donors (Lipinski definition) is 0. The summed E-state index contributed by atoms with van der Waals surface area (Å²) in [6.07, 6.45) is 5.29. The van der Waals surface area contributed by atoms with E-state index in [4.69, 9.17) is 15.2 Å². The van der Waals surface area contributed by atoms with Crippen molar-refractivity contribution in [1.29, 1.82) is 5.26 Å². The number of nitrogens with zero attached hydrogens (tertiary/aromatic N) is 7. The molecule has 0 radical (unpaired) electrons. The second-order valence-corrected chi connectivity index (χ2v) is 7.98. The summed E-state index contributed by atoms with van der Waals surface area (Å²) in [5, 5.41) is 16.5. The first-order valence-electron chi connectivity index (χ1n) is 9.70. The van der Waals surface area contributed by atoms with Gasteiger partial charge < -0.3 is 0 Å². The number of hydrogen-bond acceptors (Lipinski definition) is 7. The van der Waals surface area contributed by atoms with Crippen LogP contribution in [-0.4, -0.2) is 42.7 Å². The Hall–Kier alpha value is -3.15. The Morgan fingerprint density at radius 2 is 1.90 bits per heavy atom. The van der Waals surface area contributed by atoms with Crippen molar-refractivity contribution in [2.45, 2.75) is 25.8 Å². The summed E-state index contributed by atoms with van der Waals surface area (Å²) in [6.45, 7) is 2.89. The summed E-state index contributed by atoms with van der Waals surface area (Å²) in [7, 11) is 0. The maximum Gasteiger partial charge on any atom is 0.252 e. The summed E-state index contributed by atoms with van der Waals surface area (Å²) < 4.78 is 1.60. The zero-order valence-corrected chi connectivity index (χ0v) is 16.6. The van der Waals surface area contributed by atoms with Gasteiger partial charge in [0.2, 0.25) is 0 Å². The quantitative estimate of drug-likeness (QED) is 0.517. The zero-order valence-electron chi connectivity index (χ0n) is 15.8. The van der Waals surface area contributed by atoms with Crippen LogP contribution >= 0.6 is 11.3 Å². The van der Waals surface area contributed by atoms with Gasteiger partial charge in [0.05, 0.1) is 11.9 Å². The summed E-state index contributed by atoms with van der Waals surface area (Å²) in [5.41, 5.74) is 2.17. The van der Waals surface area contributed by atoms with Crippen molar-refractivity contribution in [3.63, 3.8) is 0 Å². The van der Waals surface area contributed by atoms with Crippen LogP contribution in [0.4, 0.5) is 0 Å². The van der Waals surface area contributed by atoms with Crippen LogP contribution in [0.3, 0.4) is 0 Å². The third-order valence-corrected chi connectivity index (χ3v) is 6.04. The highest BCUT2D eigenvalue weighted by Gasteiger charge is 2.19. The summed E-state index contributed by atoms with van der Waals surface area (Å²) in [5.74, 6) is 1.59. The van der Waals surface area contributed by atoms with E-state index in [1.54, 1.807) is 22.3 Å². The lowest BCUT2D eigenvalue weighted by molar-refractivity contribution is 0.216. The third kappa shape index (κ3) is 3.50. The molecule has 3 aromatic heterocycles. The Balaban J connectivity index is 1.65. The minimum absolute atomic E-state index is 0.130. The fourth-order valence-electron chi connectivity index (χ4n) is 3.77. The van der Waals surface area contributed by atoms with E-state index in [1.165, 1.54) is 19.3 Å². The molecule has 4 heterocycles. The highest BCUT2D eigenvalue weighted by atomic mass is 32.1. The van der Waals surface area contributed by atoms with E-state index in [0.29, 0.717) is 5.82 Å². The summed E-state index contributed by atoms with van der Waals surface area (Å²) >= 11 is 1.61. The second-order valence-electron chi connectivity index (χ2n) is 7.12. The predicted octanol–water partition coefficient (Wildman–Crippen LogP) is 3.80. The molecule has 1 aliphatic heterocycles. The van der Waals surface area contributed by atoms with Crippen LogP contribution in [0.1, 0.15) is 30.9 Å². The average molecular weight is 401 g/mol. The molecule has 1 saturated heterocycles. The Bertz CT molecular complexity index is 1180. The number of rotatable bonds is 4. The molecule has 5 rings (SSSR count). The first kappa shape index (κ1) is 17.9. The molecule has 8 heteroatoms. The molecular weight excluding hydrogens is 382 g/mol. The van der Waals surface area contributed by atoms with Gasteiger partial charge in [-0.1, -0.05) is 36.8 Å². The van der Waals surface area contributed by atoms with Gasteiger partial charge in [0.15, 0.2) is 5.82 Å². The van der Waals surface area contributed by atoms with E-state index < -0.39 is 0 Å². The van der Waals surface area contributed by atoms with Crippen LogP contribution < -0.4 is 0 Å². The van der Waals surface area contributed by atoms with E-state index in [2.05, 4.69) is 32.5 Å². The Labute approximate surface area is 172 Å². The van der Waals surface area contributed by atoms with Crippen LogP contribution in [0, 0.1) is 11.3 Å². The topological polar surface area (TPSA) is 83.5 Å². The molecule has 1 aromatic carbocycles. The third-order valence-electron chi connectivity index (χ3n) is 5.17. The SMILES string of the molecule is N#Cc1ncn(-c2nc(CN3CCCCC3)nc3scc(-c4ccccc4)c23)n1. The highest BCUT2D eigenvalue weighted by molar-refractivity contribution is 7.17. The first-order valence-corrected chi connectivity index (χ1v) is 10.6. The van der Waals surface area contributed by atoms with E-state index in [-0.39, 0.29) is 5.82 Å². The molecule has 0 N–H and O–H groups in total. The monoisotopic (exact) mass is 401 g/mol. The molecule has 0 bridgehead atoms. The number of aromatic nitrogens is 5. The number of nitriles is 1. The lowest BCUT2D eigenvalue weighted by Gasteiger charge is -2.25. The van der Waals surface area contributed by atoms with Gasteiger partial charge in [-0.2, -0.15) is 5.26 Å². The van der Waals surface area contributed by atoms with Gasteiger partial charge in [-0.3, -0.25) is 4.90 Å². The van der Waals surface area contributed by atoms with Gasteiger partial charge in [0.25, 0.3) is 5.82 Å². The molecule has 29 heavy (non-hydrogen) atoms. The molecule has 0 spiro atoms. The fraction of sp³-hybridized carbons (Fsp3) is 0.286. The Kier molecular flexibility index (Phi) is 4.76. The molecule has 0 atom stereocenters. The molecule has 0 saturated carbocycles. The van der Waals surface area contributed by atoms with Crippen LogP contribution in [0.25, 0.3) is 27.2 Å². The van der Waals surface area contributed by atoms with Crippen molar-refractivity contribution in [3.05, 3.63) is 53.7 Å². The van der Waals surface area contributed by atoms with Gasteiger partial charge in [-0.25, -0.2) is 19.6 Å². The molecule has 1 fully saturated rings. The summed E-state index contributed by atoms with van der Waals surface area (Å²) in [6, 6.07) is 12.2. The van der Waals surface area contributed by atoms with Crippen molar-refractivity contribution in [2.75, 3.05) is 13.1 Å². The van der Waals surface area contributed by atoms with Gasteiger partial charge in [0.1, 0.15) is 23.1 Å². The minimum atomic E-state index is 0.130. The zero-order chi connectivity index (χ0) is 19.6. The molecule has 0 unspecified atom stereocenters. The maximum absolute atomic E-state index is 9.15. The highest BCUT2D eigenvalue weighted by Crippen LogP contribution is 2.36. The standard InChI is InChI=1S/C21H19N7S/c22-11-17-23-14-28(26-17)20-19-16(15-7-3-1-4-8-15)13-29-21(19)25-18(24-20)12-27-9-5-2-6-10-27/h1,3-4,7-8,13-14H,2,5-6,9-10,12H2. The van der Waals surface area contributed by atoms with Crippen molar-refractivity contribution in [2.24, 2.45) is 0 Å². The molecular formula is C21H19N7S. The second kappa shape index (κ2) is 7.70. The molecule has 0 aliphatic carbocycles. The fourth-order valence-corrected chi connectivity index (χ4v) is 4.73. The Morgan fingerprint density at radius 3 is 2.66 bits per heavy atom. The average Bonchev–Trinajstić information content (AvgIpc) is 3.42. The van der Waals surface area contributed by atoms with Crippen molar-refractivity contribution >= 4 is 21.6 Å². The van der Waals surface area contributed by atoms with Crippen LogP contribution in [0.2, 0.25) is 0 Å². The minimum Gasteiger partial charge on any atom is -0.296 e. The van der Waals surface area contributed by atoms with Gasteiger partial charge >= 0.3 is 0 Å². The number of likely N-dealkylation sites (tertiary alicyclic amines) is 1. The molecule has 4 aromatic rings. The summed E-state index contributed by atoms with van der Waals surface area (Å²) in [4.78, 5) is 17.1. The number of thiophene rings is 1. The van der Waals surface area contributed by atoms with E-state index in [9.17, 15) is 0 Å². The molecule has 144 valence electrons. The van der Waals surface area contributed by atoms with E-state index in [0.717, 1.165) is 46.8 Å². The van der Waals surface area contributed by atoms with Crippen molar-refractivity contribution in [3.8, 4) is 23.0 Å².